The van der Waals surface area contributed by atoms with E-state index in [4.69, 9.17) is 0 Å². The number of rotatable bonds is 5. The number of hydrogen-bond acceptors (Lipinski definition) is 3. The molecular formula is C11H20F3N3O. The van der Waals surface area contributed by atoms with Gasteiger partial charge in [-0.1, -0.05) is 0 Å². The first-order valence-electron chi connectivity index (χ1n) is 6.01. The minimum Gasteiger partial charge on any atom is -0.343 e. The first-order valence-corrected chi connectivity index (χ1v) is 6.01. The monoisotopic (exact) mass is 267 g/mol. The number of nitrogens with zero attached hydrogens (tertiary/aromatic N) is 2. The number of nitrogens with one attached hydrogen (secondary N) is 1. The van der Waals surface area contributed by atoms with Crippen molar-refractivity contribution in [3.8, 4) is 0 Å². The Morgan fingerprint density at radius 2 is 2.17 bits per heavy atom. The summed E-state index contributed by atoms with van der Waals surface area (Å²) in [6.07, 6.45) is -2.13. The molecule has 4 nitrogen and oxygen atoms in total. The normalized spacial score (nSPS) is 21.3. The molecule has 0 aromatic rings. The van der Waals surface area contributed by atoms with Gasteiger partial charge in [0.05, 0.1) is 13.1 Å². The van der Waals surface area contributed by atoms with Crippen LogP contribution in [0, 0.1) is 0 Å². The van der Waals surface area contributed by atoms with Crippen LogP contribution in [-0.2, 0) is 4.79 Å². The molecule has 0 saturated carbocycles. The maximum atomic E-state index is 11.9. The highest BCUT2D eigenvalue weighted by atomic mass is 19.4. The highest BCUT2D eigenvalue weighted by Crippen LogP contribution is 2.15. The molecule has 0 aromatic carbocycles. The molecule has 0 aliphatic carbocycles. The van der Waals surface area contributed by atoms with Gasteiger partial charge < -0.3 is 15.1 Å². The van der Waals surface area contributed by atoms with Gasteiger partial charge >= 0.3 is 6.18 Å². The van der Waals surface area contributed by atoms with Crippen LogP contribution in [0.1, 0.15) is 12.8 Å². The molecule has 1 aliphatic heterocycles. The van der Waals surface area contributed by atoms with E-state index in [2.05, 4.69) is 10.2 Å². The number of halogens is 3. The van der Waals surface area contributed by atoms with E-state index in [9.17, 15) is 18.0 Å². The molecule has 1 unspecified atom stereocenters. The third kappa shape index (κ3) is 5.22. The predicted molar refractivity (Wildman–Crippen MR) is 62.2 cm³/mol. The third-order valence-electron chi connectivity index (χ3n) is 3.18. The van der Waals surface area contributed by atoms with Crippen molar-refractivity contribution in [2.45, 2.75) is 25.1 Å². The van der Waals surface area contributed by atoms with Gasteiger partial charge in [-0.25, -0.2) is 0 Å². The van der Waals surface area contributed by atoms with Gasteiger partial charge in [-0.05, 0) is 26.4 Å². The van der Waals surface area contributed by atoms with E-state index in [1.807, 2.05) is 7.05 Å². The van der Waals surface area contributed by atoms with Gasteiger partial charge in [0.25, 0.3) is 0 Å². The highest BCUT2D eigenvalue weighted by Gasteiger charge is 2.27. The topological polar surface area (TPSA) is 35.6 Å². The van der Waals surface area contributed by atoms with Gasteiger partial charge in [0.1, 0.15) is 0 Å². The van der Waals surface area contributed by atoms with Gasteiger partial charge in [-0.3, -0.25) is 4.79 Å². The quantitative estimate of drug-likeness (QED) is 0.796. The average molecular weight is 267 g/mol. The number of likely N-dealkylation sites (N-methyl/N-ethyl adjacent to an activating group) is 2. The molecular weight excluding hydrogens is 247 g/mol. The van der Waals surface area contributed by atoms with Crippen molar-refractivity contribution in [1.82, 2.24) is 15.1 Å². The zero-order chi connectivity index (χ0) is 13.8. The van der Waals surface area contributed by atoms with Crippen molar-refractivity contribution in [2.75, 3.05) is 40.3 Å². The lowest BCUT2D eigenvalue weighted by atomic mass is 10.2. The molecule has 0 spiro atoms. The lowest BCUT2D eigenvalue weighted by Crippen LogP contribution is -2.44. The SMILES string of the molecule is CN(CC1CCCN1C)C(=O)CNCC(F)(F)F. The number of carbonyl (C=O) groups is 1. The summed E-state index contributed by atoms with van der Waals surface area (Å²) in [5, 5.41) is 2.11. The van der Waals surface area contributed by atoms with Crippen molar-refractivity contribution >= 4 is 5.91 Å². The van der Waals surface area contributed by atoms with Crippen LogP contribution in [0.5, 0.6) is 0 Å². The number of hydrogen-bond donors (Lipinski definition) is 1. The predicted octanol–water partition coefficient (Wildman–Crippen LogP) is 0.691. The minimum absolute atomic E-state index is 0.271. The molecule has 0 bridgehead atoms. The summed E-state index contributed by atoms with van der Waals surface area (Å²) < 4.78 is 35.7. The van der Waals surface area contributed by atoms with Crippen molar-refractivity contribution < 1.29 is 18.0 Å². The molecule has 1 fully saturated rings. The molecule has 1 aliphatic rings. The molecule has 18 heavy (non-hydrogen) atoms. The summed E-state index contributed by atoms with van der Waals surface area (Å²) in [5.41, 5.74) is 0. The Hall–Kier alpha value is -0.820. The Kier molecular flexibility index (Phi) is 5.40. The summed E-state index contributed by atoms with van der Waals surface area (Å²) in [6, 6.07) is 0.321. The Bertz CT molecular complexity index is 283. The second-order valence-corrected chi connectivity index (χ2v) is 4.77. The summed E-state index contributed by atoms with van der Waals surface area (Å²) in [7, 11) is 3.63. The molecule has 1 heterocycles. The molecule has 106 valence electrons. The largest absolute Gasteiger partial charge is 0.401 e. The molecule has 1 saturated heterocycles. The van der Waals surface area contributed by atoms with Crippen LogP contribution in [-0.4, -0.2) is 68.2 Å². The van der Waals surface area contributed by atoms with Gasteiger partial charge in [0, 0.05) is 19.6 Å². The van der Waals surface area contributed by atoms with Gasteiger partial charge in [0.15, 0.2) is 0 Å². The molecule has 1 rings (SSSR count). The zero-order valence-corrected chi connectivity index (χ0v) is 10.8. The lowest BCUT2D eigenvalue weighted by molar-refractivity contribution is -0.133. The van der Waals surface area contributed by atoms with E-state index < -0.39 is 12.7 Å². The third-order valence-corrected chi connectivity index (χ3v) is 3.18. The zero-order valence-electron chi connectivity index (χ0n) is 10.8. The minimum atomic E-state index is -4.27. The fraction of sp³-hybridized carbons (Fsp3) is 0.909. The van der Waals surface area contributed by atoms with Gasteiger partial charge in [-0.2, -0.15) is 13.2 Å². The van der Waals surface area contributed by atoms with Crippen molar-refractivity contribution in [1.29, 1.82) is 0 Å². The first kappa shape index (κ1) is 15.2. The van der Waals surface area contributed by atoms with E-state index in [0.29, 0.717) is 12.6 Å². The van der Waals surface area contributed by atoms with Gasteiger partial charge in [0.2, 0.25) is 5.91 Å². The molecule has 1 N–H and O–H groups in total. The summed E-state index contributed by atoms with van der Waals surface area (Å²) in [4.78, 5) is 15.3. The van der Waals surface area contributed by atoms with Crippen LogP contribution in [0.15, 0.2) is 0 Å². The molecule has 0 aromatic heterocycles. The van der Waals surface area contributed by atoms with Crippen LogP contribution >= 0.6 is 0 Å². The smallest absolute Gasteiger partial charge is 0.343 e. The maximum absolute atomic E-state index is 11.9. The van der Waals surface area contributed by atoms with Crippen LogP contribution in [0.2, 0.25) is 0 Å². The Labute approximate surface area is 105 Å². The maximum Gasteiger partial charge on any atom is 0.401 e. The fourth-order valence-corrected chi connectivity index (χ4v) is 2.07. The van der Waals surface area contributed by atoms with E-state index >= 15 is 0 Å². The fourth-order valence-electron chi connectivity index (χ4n) is 2.07. The number of amides is 1. The number of likely N-dealkylation sites (tertiary alicyclic amines) is 1. The second-order valence-electron chi connectivity index (χ2n) is 4.77. The van der Waals surface area contributed by atoms with Crippen molar-refractivity contribution in [3.63, 3.8) is 0 Å². The van der Waals surface area contributed by atoms with Crippen molar-refractivity contribution in [2.24, 2.45) is 0 Å². The molecule has 7 heteroatoms. The Morgan fingerprint density at radius 1 is 1.50 bits per heavy atom. The van der Waals surface area contributed by atoms with Crippen LogP contribution < -0.4 is 5.32 Å². The molecule has 0 radical (unpaired) electrons. The standard InChI is InChI=1S/C11H20F3N3O/c1-16-5-3-4-9(16)7-17(2)10(18)6-15-8-11(12,13)14/h9,15H,3-8H2,1-2H3. The first-order chi connectivity index (χ1) is 8.29. The van der Waals surface area contributed by atoms with Gasteiger partial charge in [-0.15, -0.1) is 0 Å². The summed E-state index contributed by atoms with van der Waals surface area (Å²) in [6.45, 7) is 0.185. The summed E-state index contributed by atoms with van der Waals surface area (Å²) in [5.74, 6) is -0.306. The summed E-state index contributed by atoms with van der Waals surface area (Å²) >= 11 is 0. The van der Waals surface area contributed by atoms with Crippen LogP contribution in [0.3, 0.4) is 0 Å². The Balaban J connectivity index is 2.24. The van der Waals surface area contributed by atoms with E-state index in [0.717, 1.165) is 19.4 Å². The molecule has 1 atom stereocenters. The van der Waals surface area contributed by atoms with E-state index in [-0.39, 0.29) is 12.5 Å². The van der Waals surface area contributed by atoms with Crippen LogP contribution in [0.25, 0.3) is 0 Å². The molecule has 1 amide bonds. The van der Waals surface area contributed by atoms with E-state index in [1.54, 1.807) is 7.05 Å². The lowest BCUT2D eigenvalue weighted by Gasteiger charge is -2.26. The second kappa shape index (κ2) is 6.38. The number of alkyl halides is 3. The average Bonchev–Trinajstić information content (AvgIpc) is 2.62. The Morgan fingerprint density at radius 3 is 2.67 bits per heavy atom. The van der Waals surface area contributed by atoms with Crippen molar-refractivity contribution in [3.05, 3.63) is 0 Å². The van der Waals surface area contributed by atoms with Crippen LogP contribution in [0.4, 0.5) is 13.2 Å². The van der Waals surface area contributed by atoms with E-state index in [1.165, 1.54) is 4.90 Å². The highest BCUT2D eigenvalue weighted by molar-refractivity contribution is 5.78. The number of carbonyl (C=O) groups excluding carboxylic acids is 1.